The highest BCUT2D eigenvalue weighted by Gasteiger charge is 2.19. The molecule has 1 aliphatic heterocycles. The summed E-state index contributed by atoms with van der Waals surface area (Å²) >= 11 is -1.13. The Morgan fingerprint density at radius 3 is 3.06 bits per heavy atom. The summed E-state index contributed by atoms with van der Waals surface area (Å²) in [6, 6.07) is 7.73. The normalized spacial score (nSPS) is 15.4. The summed E-state index contributed by atoms with van der Waals surface area (Å²) in [4.78, 5) is 4.10. The number of anilines is 1. The molecule has 2 rings (SSSR count). The van der Waals surface area contributed by atoms with E-state index in [1.54, 1.807) is 29.0 Å². The molecule has 0 radical (unpaired) electrons. The van der Waals surface area contributed by atoms with Gasteiger partial charge in [-0.2, -0.15) is 4.31 Å². The Morgan fingerprint density at radius 1 is 1.44 bits per heavy atom. The summed E-state index contributed by atoms with van der Waals surface area (Å²) in [6.45, 7) is 3.60. The Hall–Kier alpha value is -1.52. The molecule has 1 aromatic rings. The van der Waals surface area contributed by atoms with Crippen molar-refractivity contribution in [1.82, 2.24) is 0 Å². The second-order valence-electron chi connectivity index (χ2n) is 3.24. The van der Waals surface area contributed by atoms with Crippen LogP contribution in [-0.2, 0) is 11.4 Å². The second kappa shape index (κ2) is 5.01. The van der Waals surface area contributed by atoms with Crippen molar-refractivity contribution in [3.63, 3.8) is 0 Å². The van der Waals surface area contributed by atoms with Crippen molar-refractivity contribution in [2.75, 3.05) is 10.1 Å². The van der Waals surface area contributed by atoms with Gasteiger partial charge in [0.25, 0.3) is 0 Å². The van der Waals surface area contributed by atoms with Crippen molar-refractivity contribution in [2.45, 2.75) is 0 Å². The molecule has 0 saturated heterocycles. The summed E-state index contributed by atoms with van der Waals surface area (Å²) in [6.07, 6.45) is 6.78. The Kier molecular flexibility index (Phi) is 3.44. The molecule has 0 saturated carbocycles. The van der Waals surface area contributed by atoms with Crippen molar-refractivity contribution in [3.8, 4) is 0 Å². The van der Waals surface area contributed by atoms with E-state index < -0.39 is 11.4 Å². The number of aliphatic imine (C=N–C) groups is 1. The molecule has 82 valence electrons. The quantitative estimate of drug-likeness (QED) is 0.592. The average molecular weight is 232 g/mol. The first kappa shape index (κ1) is 11.0. The summed E-state index contributed by atoms with van der Waals surface area (Å²) in [7, 11) is 0. The molecular weight excluding hydrogens is 220 g/mol. The largest absolute Gasteiger partial charge is 0.592 e. The molecule has 1 aromatic carbocycles. The summed E-state index contributed by atoms with van der Waals surface area (Å²) in [5.41, 5.74) is 1.87. The second-order valence-corrected chi connectivity index (χ2v) is 4.61. The van der Waals surface area contributed by atoms with Crippen LogP contribution in [-0.4, -0.2) is 16.5 Å². The monoisotopic (exact) mass is 232 g/mol. The molecule has 0 bridgehead atoms. The first-order valence-electron chi connectivity index (χ1n) is 4.90. The maximum Gasteiger partial charge on any atom is 0.149 e. The third-order valence-corrected chi connectivity index (χ3v) is 3.43. The van der Waals surface area contributed by atoms with Gasteiger partial charge in [0.05, 0.1) is 23.2 Å². The lowest BCUT2D eigenvalue weighted by Gasteiger charge is -2.22. The van der Waals surface area contributed by atoms with E-state index in [2.05, 4.69) is 11.6 Å². The molecule has 0 aliphatic carbocycles. The fourth-order valence-electron chi connectivity index (χ4n) is 1.46. The maximum atomic E-state index is 12.0. The van der Waals surface area contributed by atoms with Crippen LogP contribution >= 0.6 is 0 Å². The van der Waals surface area contributed by atoms with Crippen molar-refractivity contribution in [2.24, 2.45) is 4.99 Å². The number of benzene rings is 1. The smallest absolute Gasteiger partial charge is 0.149 e. The van der Waals surface area contributed by atoms with Crippen molar-refractivity contribution in [3.05, 3.63) is 54.9 Å². The van der Waals surface area contributed by atoms with Crippen LogP contribution < -0.4 is 4.31 Å². The minimum absolute atomic E-state index is 0.429. The van der Waals surface area contributed by atoms with E-state index in [4.69, 9.17) is 0 Å². The standard InChI is InChI=1S/C12H12N2OS/c1-2-9-16(15)14-8-7-13-10-11-5-3-4-6-12(11)14/h2-8,10H,1,9H2. The predicted molar refractivity (Wildman–Crippen MR) is 68.9 cm³/mol. The topological polar surface area (TPSA) is 38.7 Å². The van der Waals surface area contributed by atoms with E-state index >= 15 is 0 Å². The molecule has 16 heavy (non-hydrogen) atoms. The number of para-hydroxylation sites is 1. The first-order valence-corrected chi connectivity index (χ1v) is 6.18. The minimum atomic E-state index is -1.13. The van der Waals surface area contributed by atoms with Crippen molar-refractivity contribution in [1.29, 1.82) is 0 Å². The lowest BCUT2D eigenvalue weighted by Crippen LogP contribution is -2.27. The highest BCUT2D eigenvalue weighted by molar-refractivity contribution is 7.93. The summed E-state index contributed by atoms with van der Waals surface area (Å²) in [5.74, 6) is 0.429. The Morgan fingerprint density at radius 2 is 2.25 bits per heavy atom. The third kappa shape index (κ3) is 2.18. The number of hydrogen-bond acceptors (Lipinski definition) is 3. The molecule has 0 N–H and O–H groups in total. The van der Waals surface area contributed by atoms with Crippen LogP contribution in [0.2, 0.25) is 0 Å². The lowest BCUT2D eigenvalue weighted by atomic mass is 10.2. The fraction of sp³-hybridized carbons (Fsp3) is 0.0833. The van der Waals surface area contributed by atoms with Gasteiger partial charge >= 0.3 is 0 Å². The molecule has 0 spiro atoms. The van der Waals surface area contributed by atoms with Gasteiger partial charge in [-0.05, 0) is 12.1 Å². The number of nitrogens with zero attached hydrogens (tertiary/aromatic N) is 2. The van der Waals surface area contributed by atoms with Gasteiger partial charge in [-0.15, -0.1) is 0 Å². The predicted octanol–water partition coefficient (Wildman–Crippen LogP) is 2.25. The van der Waals surface area contributed by atoms with Gasteiger partial charge in [0.1, 0.15) is 5.75 Å². The van der Waals surface area contributed by atoms with Gasteiger partial charge in [-0.3, -0.25) is 4.99 Å². The number of rotatable bonds is 3. The van der Waals surface area contributed by atoms with E-state index in [0.717, 1.165) is 11.3 Å². The van der Waals surface area contributed by atoms with Crippen LogP contribution in [0.3, 0.4) is 0 Å². The molecule has 3 nitrogen and oxygen atoms in total. The summed E-state index contributed by atoms with van der Waals surface area (Å²) < 4.78 is 13.7. The fourth-order valence-corrected chi connectivity index (χ4v) is 2.40. The Labute approximate surface area is 98.1 Å². The van der Waals surface area contributed by atoms with E-state index in [1.165, 1.54) is 0 Å². The van der Waals surface area contributed by atoms with Gasteiger partial charge < -0.3 is 4.55 Å². The van der Waals surface area contributed by atoms with Crippen molar-refractivity contribution >= 4 is 23.3 Å². The van der Waals surface area contributed by atoms with E-state index in [9.17, 15) is 4.55 Å². The zero-order chi connectivity index (χ0) is 11.4. The summed E-state index contributed by atoms with van der Waals surface area (Å²) in [5, 5.41) is 0. The molecule has 0 amide bonds. The number of fused-ring (bicyclic) bond motifs is 1. The molecular formula is C12H12N2OS. The molecule has 1 unspecified atom stereocenters. The molecule has 0 fully saturated rings. The highest BCUT2D eigenvalue weighted by Crippen LogP contribution is 2.24. The number of hydrogen-bond donors (Lipinski definition) is 0. The molecule has 1 aliphatic rings. The zero-order valence-corrected chi connectivity index (χ0v) is 9.56. The van der Waals surface area contributed by atoms with Crippen LogP contribution in [0.25, 0.3) is 0 Å². The SMILES string of the molecule is C=CC[S+]([O-])N1C=CN=Cc2ccccc21. The zero-order valence-electron chi connectivity index (χ0n) is 8.74. The first-order chi connectivity index (χ1) is 7.83. The van der Waals surface area contributed by atoms with Gasteiger partial charge in [0.15, 0.2) is 0 Å². The molecule has 1 atom stereocenters. The van der Waals surface area contributed by atoms with Crippen LogP contribution in [0.5, 0.6) is 0 Å². The third-order valence-electron chi connectivity index (χ3n) is 2.16. The van der Waals surface area contributed by atoms with Crippen LogP contribution in [0.1, 0.15) is 5.56 Å². The molecule has 0 aromatic heterocycles. The maximum absolute atomic E-state index is 12.0. The average Bonchev–Trinajstić information content (AvgIpc) is 2.51. The van der Waals surface area contributed by atoms with Gasteiger partial charge in [0.2, 0.25) is 0 Å². The van der Waals surface area contributed by atoms with E-state index in [-0.39, 0.29) is 0 Å². The Balaban J connectivity index is 2.38. The van der Waals surface area contributed by atoms with Gasteiger partial charge in [-0.1, -0.05) is 24.8 Å². The van der Waals surface area contributed by atoms with Crippen LogP contribution in [0.15, 0.2) is 54.3 Å². The molecule has 4 heteroatoms. The minimum Gasteiger partial charge on any atom is -0.592 e. The lowest BCUT2D eigenvalue weighted by molar-refractivity contribution is 0.597. The van der Waals surface area contributed by atoms with Gasteiger partial charge in [0, 0.05) is 18.0 Å². The van der Waals surface area contributed by atoms with E-state index in [0.29, 0.717) is 5.75 Å². The van der Waals surface area contributed by atoms with Gasteiger partial charge in [-0.25, -0.2) is 0 Å². The van der Waals surface area contributed by atoms with Crippen LogP contribution in [0, 0.1) is 0 Å². The van der Waals surface area contributed by atoms with Crippen molar-refractivity contribution < 1.29 is 4.55 Å². The Bertz CT molecular complexity index is 442. The molecule has 1 heterocycles. The van der Waals surface area contributed by atoms with E-state index in [1.807, 2.05) is 24.3 Å². The van der Waals surface area contributed by atoms with Crippen LogP contribution in [0.4, 0.5) is 5.69 Å². The highest BCUT2D eigenvalue weighted by atomic mass is 32.2.